The maximum absolute atomic E-state index is 5.56. The van der Waals surface area contributed by atoms with E-state index in [-0.39, 0.29) is 0 Å². The minimum absolute atomic E-state index is 0.762. The number of nitrogens with zero attached hydrogens (tertiary/aromatic N) is 6. The normalized spacial score (nSPS) is 15.1. The number of fused-ring (bicyclic) bond motifs is 10. The molecular weight excluding hydrogens is 1310 g/mol. The van der Waals surface area contributed by atoms with Crippen LogP contribution in [0.15, 0.2) is 267 Å². The summed E-state index contributed by atoms with van der Waals surface area (Å²) in [6.07, 6.45) is 8.33. The Bertz CT molecular complexity index is 3990. The summed E-state index contributed by atoms with van der Waals surface area (Å²) in [5.41, 5.74) is 12.6. The molecule has 0 aliphatic carbocycles. The number of aromatic nitrogens is 6. The van der Waals surface area contributed by atoms with Crippen LogP contribution in [0.2, 0.25) is 0 Å². The van der Waals surface area contributed by atoms with Crippen molar-refractivity contribution in [3.63, 3.8) is 0 Å². The van der Waals surface area contributed by atoms with E-state index in [1.54, 1.807) is 0 Å². The second-order valence-corrected chi connectivity index (χ2v) is 30.5. The Morgan fingerprint density at radius 1 is 0.419 bits per heavy atom. The molecular formula is C65H44N6Po2Si. The fourth-order valence-electron chi connectivity index (χ4n) is 11.4. The Morgan fingerprint density at radius 3 is 1.72 bits per heavy atom. The van der Waals surface area contributed by atoms with Crippen LogP contribution in [0.4, 0.5) is 0 Å². The average Bonchev–Trinajstić information content (AvgIpc) is 4.19. The van der Waals surface area contributed by atoms with Crippen molar-refractivity contribution in [2.24, 2.45) is 0 Å². The van der Waals surface area contributed by atoms with Gasteiger partial charge >= 0.3 is 459 Å². The minimum atomic E-state index is -2.95. The van der Waals surface area contributed by atoms with Crippen molar-refractivity contribution in [2.45, 2.75) is 5.41 Å². The van der Waals surface area contributed by atoms with Gasteiger partial charge in [-0.15, -0.1) is 0 Å². The van der Waals surface area contributed by atoms with Crippen molar-refractivity contribution >= 4 is 89.0 Å². The van der Waals surface area contributed by atoms with Gasteiger partial charge in [0.25, 0.3) is 0 Å². The van der Waals surface area contributed by atoms with Crippen LogP contribution in [-0.4, -0.2) is 84.7 Å². The zero-order valence-electron chi connectivity index (χ0n) is 39.9. The van der Waals surface area contributed by atoms with Crippen molar-refractivity contribution in [3.05, 3.63) is 290 Å². The third-order valence-electron chi connectivity index (χ3n) is 14.7. The molecule has 6 heterocycles. The summed E-state index contributed by atoms with van der Waals surface area (Å²) in [5, 5.41) is 16.3. The number of rotatable bonds is 7. The summed E-state index contributed by atoms with van der Waals surface area (Å²) in [5.74, 6) is 0. The van der Waals surface area contributed by atoms with Crippen LogP contribution in [-0.2, 0) is 5.41 Å². The summed E-state index contributed by atoms with van der Waals surface area (Å²) in [6.45, 7) is 0. The first-order valence-electron chi connectivity index (χ1n) is 24.8. The molecule has 0 amide bonds. The van der Waals surface area contributed by atoms with Crippen LogP contribution in [0, 0.1) is 0 Å². The van der Waals surface area contributed by atoms with Crippen LogP contribution in [0.5, 0.6) is 0 Å². The third kappa shape index (κ3) is 7.32. The number of pyridine rings is 2. The standard InChI is InChI=1S/C65H44N6Si.2Po/c1-6-24-53(25-7-1)65(63-40-43-70(68-63)56-28-8-2-9-29-56,55-27-19-22-50(46-55)61-37-16-17-42-66-61)54-26-18-21-49(45-54)52-38-39-62(67-48-52)51-23-20-36-60(47-51)72(58-32-12-4-13-33-58,59-34-14-5-15-35-59)64-41-44-71(69-64)57-30-10-3-11-31-57;;/h1-28,30,32-45,48H;;. The molecule has 0 radical (unpaired) electrons. The molecule has 0 spiro atoms. The molecule has 2 aliphatic heterocycles. The van der Waals surface area contributed by atoms with Crippen LogP contribution in [0.1, 0.15) is 22.4 Å². The fourth-order valence-corrected chi connectivity index (χ4v) is 27.3. The van der Waals surface area contributed by atoms with Gasteiger partial charge in [0.15, 0.2) is 0 Å². The SMILES string of the molecule is c1ccc(C2(c3cccc(-c4ccc(-c5cccc6[c]5[Po][c]5ccccc5-n5ccc(n5)[Si]6(c5ccccc5)c5ccccc5)nc4)c3)c3ccn(n3)-c3cccc[c]3[Po][c]3c(-c4ccccn4)cccc32)cc1. The summed E-state index contributed by atoms with van der Waals surface area (Å²) < 4.78 is 9.84. The molecule has 14 rings (SSSR count). The van der Waals surface area contributed by atoms with Crippen molar-refractivity contribution in [3.8, 4) is 45.0 Å². The van der Waals surface area contributed by atoms with Crippen LogP contribution in [0.3, 0.4) is 0 Å². The summed E-state index contributed by atoms with van der Waals surface area (Å²) >= 11 is -2.94. The van der Waals surface area contributed by atoms with Crippen LogP contribution < -0.4 is 33.8 Å². The van der Waals surface area contributed by atoms with Gasteiger partial charge < -0.3 is 0 Å². The number of benzene rings is 8. The monoisotopic (exact) mass is 1350 g/mol. The van der Waals surface area contributed by atoms with Gasteiger partial charge in [-0.25, -0.2) is 0 Å². The molecule has 4 bridgehead atoms. The molecule has 0 fully saturated rings. The van der Waals surface area contributed by atoms with E-state index in [1.165, 1.54) is 56.4 Å². The Hall–Kier alpha value is -7.51. The predicted molar refractivity (Wildman–Crippen MR) is 305 cm³/mol. The molecule has 350 valence electrons. The van der Waals surface area contributed by atoms with E-state index in [9.17, 15) is 0 Å². The first-order chi connectivity index (χ1) is 36.7. The quantitative estimate of drug-likeness (QED) is 0.155. The van der Waals surface area contributed by atoms with Crippen LogP contribution >= 0.6 is 0 Å². The molecule has 12 aromatic rings. The molecule has 1 unspecified atom stereocenters. The van der Waals surface area contributed by atoms with Crippen molar-refractivity contribution in [1.29, 1.82) is 0 Å². The molecule has 9 heteroatoms. The van der Waals surface area contributed by atoms with Gasteiger partial charge in [0.1, 0.15) is 0 Å². The number of para-hydroxylation sites is 2. The van der Waals surface area contributed by atoms with E-state index in [0.717, 1.165) is 44.8 Å². The second-order valence-electron chi connectivity index (χ2n) is 18.6. The Balaban J connectivity index is 0.952. The van der Waals surface area contributed by atoms with Gasteiger partial charge in [-0.2, -0.15) is 0 Å². The van der Waals surface area contributed by atoms with E-state index < -0.39 is 60.6 Å². The molecule has 74 heavy (non-hydrogen) atoms. The Labute approximate surface area is 454 Å². The van der Waals surface area contributed by atoms with E-state index in [4.69, 9.17) is 20.2 Å². The molecule has 0 saturated carbocycles. The molecule has 0 N–H and O–H groups in total. The van der Waals surface area contributed by atoms with Crippen LogP contribution in [0.25, 0.3) is 45.0 Å². The van der Waals surface area contributed by atoms with Gasteiger partial charge in [0, 0.05) is 0 Å². The van der Waals surface area contributed by atoms with E-state index in [2.05, 4.69) is 265 Å². The molecule has 1 atom stereocenters. The van der Waals surface area contributed by atoms with Crippen molar-refractivity contribution in [2.75, 3.05) is 0 Å². The van der Waals surface area contributed by atoms with E-state index in [0.29, 0.717) is 0 Å². The average molecular weight is 1360 g/mol. The zero-order chi connectivity index (χ0) is 49.1. The third-order valence-corrected chi connectivity index (χ3v) is 29.5. The number of hydrogen-bond donors (Lipinski definition) is 0. The zero-order valence-corrected chi connectivity index (χ0v) is 47.3. The van der Waals surface area contributed by atoms with Gasteiger partial charge in [0.05, 0.1) is 0 Å². The second kappa shape index (κ2) is 18.8. The topological polar surface area (TPSA) is 61.4 Å². The van der Waals surface area contributed by atoms with Gasteiger partial charge in [-0.3, -0.25) is 0 Å². The first kappa shape index (κ1) is 45.1. The van der Waals surface area contributed by atoms with Crippen molar-refractivity contribution < 1.29 is 0 Å². The summed E-state index contributed by atoms with van der Waals surface area (Å²) in [4.78, 5) is 10.4. The molecule has 4 aromatic heterocycles. The van der Waals surface area contributed by atoms with Gasteiger partial charge in [-0.1, -0.05) is 0 Å². The molecule has 6 nitrogen and oxygen atoms in total. The Kier molecular flexibility index (Phi) is 11.4. The predicted octanol–water partition coefficient (Wildman–Crippen LogP) is 7.55. The Morgan fingerprint density at radius 2 is 1.01 bits per heavy atom. The van der Waals surface area contributed by atoms with Gasteiger partial charge in [0.2, 0.25) is 0 Å². The van der Waals surface area contributed by atoms with E-state index >= 15 is 0 Å². The van der Waals surface area contributed by atoms with E-state index in [1.807, 2.05) is 12.3 Å². The van der Waals surface area contributed by atoms with Crippen molar-refractivity contribution in [1.82, 2.24) is 29.5 Å². The molecule has 0 saturated heterocycles. The maximum atomic E-state index is 5.56. The first-order valence-corrected chi connectivity index (χ1v) is 33.1. The van der Waals surface area contributed by atoms with Gasteiger partial charge in [-0.05, 0) is 0 Å². The number of hydrogen-bond acceptors (Lipinski definition) is 4. The summed E-state index contributed by atoms with van der Waals surface area (Å²) in [7, 11) is -2.95. The summed E-state index contributed by atoms with van der Waals surface area (Å²) in [6, 6.07) is 89.3. The molecule has 2 aliphatic rings. The fraction of sp³-hybridized carbons (Fsp3) is 0.0154. The molecule has 8 aromatic carbocycles.